The topological polar surface area (TPSA) is 24.5 Å². The average molecular weight is 288 g/mol. The van der Waals surface area contributed by atoms with Crippen LogP contribution in [0.4, 0.5) is 0 Å². The van der Waals surface area contributed by atoms with Gasteiger partial charge in [0.15, 0.2) is 0 Å². The molecule has 21 heavy (non-hydrogen) atoms. The van der Waals surface area contributed by atoms with Crippen LogP contribution in [0, 0.1) is 5.92 Å². The van der Waals surface area contributed by atoms with Crippen LogP contribution < -0.4 is 10.1 Å². The smallest absolute Gasteiger partial charge is 0.118 e. The zero-order valence-electron chi connectivity index (χ0n) is 13.5. The van der Waals surface area contributed by atoms with Gasteiger partial charge in [0.1, 0.15) is 5.75 Å². The summed E-state index contributed by atoms with van der Waals surface area (Å²) in [7, 11) is 1.72. The van der Waals surface area contributed by atoms with E-state index < -0.39 is 0 Å². The lowest BCUT2D eigenvalue weighted by Gasteiger charge is -2.49. The lowest BCUT2D eigenvalue weighted by atomic mass is 9.81. The zero-order chi connectivity index (χ0) is 14.8. The zero-order valence-corrected chi connectivity index (χ0v) is 13.5. The highest BCUT2D eigenvalue weighted by Gasteiger charge is 2.37. The van der Waals surface area contributed by atoms with E-state index in [0.717, 1.165) is 11.7 Å². The summed E-state index contributed by atoms with van der Waals surface area (Å²) in [4.78, 5) is 2.62. The summed E-state index contributed by atoms with van der Waals surface area (Å²) in [5.74, 6) is 1.76. The van der Waals surface area contributed by atoms with Crippen LogP contribution in [0.3, 0.4) is 0 Å². The van der Waals surface area contributed by atoms with E-state index in [0.29, 0.717) is 18.2 Å². The predicted molar refractivity (Wildman–Crippen MR) is 86.5 cm³/mol. The van der Waals surface area contributed by atoms with Gasteiger partial charge in [0, 0.05) is 18.6 Å². The summed E-state index contributed by atoms with van der Waals surface area (Å²) < 4.78 is 5.28. The molecular weight excluding hydrogens is 260 g/mol. The minimum atomic E-state index is 0.343. The van der Waals surface area contributed by atoms with E-state index in [2.05, 4.69) is 48.3 Å². The summed E-state index contributed by atoms with van der Waals surface area (Å²) in [6.07, 6.45) is 5.85. The number of nitrogens with zero attached hydrogens (tertiary/aromatic N) is 1. The Kier molecular flexibility index (Phi) is 4.51. The number of ether oxygens (including phenoxy) is 1. The van der Waals surface area contributed by atoms with Gasteiger partial charge in [0.25, 0.3) is 0 Å². The van der Waals surface area contributed by atoms with Crippen molar-refractivity contribution in [2.24, 2.45) is 5.92 Å². The molecule has 1 N–H and O–H groups in total. The molecule has 116 valence electrons. The lowest BCUT2D eigenvalue weighted by Crippen LogP contribution is -2.57. The van der Waals surface area contributed by atoms with Crippen molar-refractivity contribution in [3.05, 3.63) is 29.8 Å². The second-order valence-corrected chi connectivity index (χ2v) is 6.78. The highest BCUT2D eigenvalue weighted by atomic mass is 16.5. The molecule has 0 unspecified atom stereocenters. The Morgan fingerprint density at radius 3 is 2.52 bits per heavy atom. The Balaban J connectivity index is 1.82. The quantitative estimate of drug-likeness (QED) is 0.920. The van der Waals surface area contributed by atoms with E-state index in [-0.39, 0.29) is 0 Å². The van der Waals surface area contributed by atoms with Crippen LogP contribution in [0.1, 0.15) is 51.3 Å². The van der Waals surface area contributed by atoms with Crippen LogP contribution in [0.2, 0.25) is 0 Å². The van der Waals surface area contributed by atoms with Gasteiger partial charge in [-0.15, -0.1) is 0 Å². The van der Waals surface area contributed by atoms with Crippen LogP contribution in [0.15, 0.2) is 24.3 Å². The van der Waals surface area contributed by atoms with Crippen molar-refractivity contribution >= 4 is 0 Å². The van der Waals surface area contributed by atoms with Crippen molar-refractivity contribution in [3.8, 4) is 5.75 Å². The number of fused-ring (bicyclic) bond motifs is 1. The molecular formula is C18H28N2O. The number of hydrogen-bond donors (Lipinski definition) is 1. The maximum absolute atomic E-state index is 5.28. The van der Waals surface area contributed by atoms with Gasteiger partial charge in [-0.2, -0.15) is 0 Å². The molecule has 0 spiro atoms. The van der Waals surface area contributed by atoms with Gasteiger partial charge in [0.05, 0.1) is 13.3 Å². The van der Waals surface area contributed by atoms with E-state index in [1.54, 1.807) is 7.11 Å². The molecule has 3 rings (SSSR count). The molecule has 1 heterocycles. The van der Waals surface area contributed by atoms with Gasteiger partial charge in [-0.05, 0) is 50.3 Å². The Morgan fingerprint density at radius 2 is 1.86 bits per heavy atom. The third kappa shape index (κ3) is 3.09. The fourth-order valence-electron chi connectivity index (χ4n) is 3.90. The molecule has 2 fully saturated rings. The van der Waals surface area contributed by atoms with Crippen LogP contribution in [0.5, 0.6) is 5.75 Å². The minimum Gasteiger partial charge on any atom is -0.497 e. The minimum absolute atomic E-state index is 0.343. The summed E-state index contributed by atoms with van der Waals surface area (Å²) >= 11 is 0. The van der Waals surface area contributed by atoms with Crippen molar-refractivity contribution in [1.82, 2.24) is 10.2 Å². The Bertz CT molecular complexity index is 457. The summed E-state index contributed by atoms with van der Waals surface area (Å²) in [5, 5.41) is 3.93. The molecule has 3 heteroatoms. The Labute approximate surface area is 128 Å². The van der Waals surface area contributed by atoms with Crippen LogP contribution in [0.25, 0.3) is 0 Å². The molecule has 1 aromatic rings. The van der Waals surface area contributed by atoms with Gasteiger partial charge in [0.2, 0.25) is 0 Å². The molecule has 1 saturated carbocycles. The van der Waals surface area contributed by atoms with Crippen molar-refractivity contribution in [1.29, 1.82) is 0 Å². The van der Waals surface area contributed by atoms with Gasteiger partial charge in [-0.3, -0.25) is 10.2 Å². The van der Waals surface area contributed by atoms with Crippen molar-refractivity contribution < 1.29 is 4.74 Å². The number of methoxy groups -OCH3 is 1. The average Bonchev–Trinajstić information content (AvgIpc) is 2.53. The molecule has 3 nitrogen and oxygen atoms in total. The molecule has 2 aliphatic rings. The molecule has 0 aromatic heterocycles. The SMILES string of the molecule is COc1ccc([C@@H]2N[C@@H]3CCCC[C@H]3CN2C(C)C)cc1. The number of hydrogen-bond acceptors (Lipinski definition) is 3. The molecule has 1 aromatic carbocycles. The number of rotatable bonds is 3. The van der Waals surface area contributed by atoms with Crippen LogP contribution >= 0.6 is 0 Å². The molecule has 1 aliphatic heterocycles. The van der Waals surface area contributed by atoms with Crippen LogP contribution in [-0.2, 0) is 0 Å². The van der Waals surface area contributed by atoms with Gasteiger partial charge in [-0.1, -0.05) is 25.0 Å². The highest BCUT2D eigenvalue weighted by Crippen LogP contribution is 2.35. The first-order valence-corrected chi connectivity index (χ1v) is 8.35. The molecule has 0 amide bonds. The first kappa shape index (κ1) is 14.9. The fourth-order valence-corrected chi connectivity index (χ4v) is 3.90. The maximum Gasteiger partial charge on any atom is 0.118 e. The summed E-state index contributed by atoms with van der Waals surface area (Å²) in [6, 6.07) is 9.81. The maximum atomic E-state index is 5.28. The van der Waals surface area contributed by atoms with Crippen molar-refractivity contribution in [2.75, 3.05) is 13.7 Å². The first-order chi connectivity index (χ1) is 10.2. The van der Waals surface area contributed by atoms with E-state index >= 15 is 0 Å². The second kappa shape index (κ2) is 6.37. The second-order valence-electron chi connectivity index (χ2n) is 6.78. The van der Waals surface area contributed by atoms with Crippen molar-refractivity contribution in [2.45, 2.75) is 57.8 Å². The first-order valence-electron chi connectivity index (χ1n) is 8.35. The predicted octanol–water partition coefficient (Wildman–Crippen LogP) is 3.57. The summed E-state index contributed by atoms with van der Waals surface area (Å²) in [6.45, 7) is 5.84. The summed E-state index contributed by atoms with van der Waals surface area (Å²) in [5.41, 5.74) is 1.36. The van der Waals surface area contributed by atoms with E-state index in [9.17, 15) is 0 Å². The third-order valence-electron chi connectivity index (χ3n) is 5.15. The molecule has 1 saturated heterocycles. The largest absolute Gasteiger partial charge is 0.497 e. The number of benzene rings is 1. The highest BCUT2D eigenvalue weighted by molar-refractivity contribution is 5.29. The Hall–Kier alpha value is -1.06. The van der Waals surface area contributed by atoms with Crippen LogP contribution in [-0.4, -0.2) is 30.6 Å². The standard InChI is InChI=1S/C18H28N2O/c1-13(2)20-12-15-6-4-5-7-17(15)19-18(20)14-8-10-16(21-3)11-9-14/h8-11,13,15,17-19H,4-7,12H2,1-3H3/t15-,17+,18+/m0/s1. The molecule has 3 atom stereocenters. The fraction of sp³-hybridized carbons (Fsp3) is 0.667. The van der Waals surface area contributed by atoms with E-state index in [1.165, 1.54) is 37.8 Å². The van der Waals surface area contributed by atoms with E-state index in [1.807, 2.05) is 0 Å². The third-order valence-corrected chi connectivity index (χ3v) is 5.15. The van der Waals surface area contributed by atoms with E-state index in [4.69, 9.17) is 4.74 Å². The van der Waals surface area contributed by atoms with Gasteiger partial charge >= 0.3 is 0 Å². The lowest BCUT2D eigenvalue weighted by molar-refractivity contribution is 0.0184. The van der Waals surface area contributed by atoms with Gasteiger partial charge in [-0.25, -0.2) is 0 Å². The molecule has 1 aliphatic carbocycles. The normalized spacial score (nSPS) is 30.2. The Morgan fingerprint density at radius 1 is 1.14 bits per heavy atom. The number of nitrogens with one attached hydrogen (secondary N) is 1. The van der Waals surface area contributed by atoms with Crippen molar-refractivity contribution in [3.63, 3.8) is 0 Å². The van der Waals surface area contributed by atoms with Gasteiger partial charge < -0.3 is 4.74 Å². The molecule has 0 bridgehead atoms. The monoisotopic (exact) mass is 288 g/mol. The molecule has 0 radical (unpaired) electrons.